The lowest BCUT2D eigenvalue weighted by molar-refractivity contribution is -0.131. The van der Waals surface area contributed by atoms with Crippen LogP contribution in [-0.4, -0.2) is 60.6 Å². The highest BCUT2D eigenvalue weighted by Crippen LogP contribution is 2.13. The number of carboxylic acid groups (broad SMARTS) is 1. The van der Waals surface area contributed by atoms with Gasteiger partial charge in [0.2, 0.25) is 0 Å². The van der Waals surface area contributed by atoms with E-state index in [1.165, 1.54) is 18.9 Å². The SMILES string of the molecule is CN(C)C1CCCN(CC=CC(=O)O)C1. The summed E-state index contributed by atoms with van der Waals surface area (Å²) in [6.45, 7) is 2.86. The summed E-state index contributed by atoms with van der Waals surface area (Å²) in [5.41, 5.74) is 0. The zero-order chi connectivity index (χ0) is 11.3. The Morgan fingerprint density at radius 1 is 1.60 bits per heavy atom. The summed E-state index contributed by atoms with van der Waals surface area (Å²) in [6.07, 6.45) is 5.38. The summed E-state index contributed by atoms with van der Waals surface area (Å²) in [5.74, 6) is -0.865. The number of hydrogen-bond donors (Lipinski definition) is 1. The number of piperidine rings is 1. The molecule has 1 rings (SSSR count). The lowest BCUT2D eigenvalue weighted by Crippen LogP contribution is -2.45. The number of likely N-dealkylation sites (N-methyl/N-ethyl adjacent to an activating group) is 1. The first-order valence-electron chi connectivity index (χ1n) is 5.38. The summed E-state index contributed by atoms with van der Waals surface area (Å²) in [4.78, 5) is 14.8. The molecule has 1 unspecified atom stereocenters. The molecule has 0 aliphatic carbocycles. The van der Waals surface area contributed by atoms with Crippen molar-refractivity contribution in [2.24, 2.45) is 0 Å². The number of rotatable bonds is 4. The predicted molar refractivity (Wildman–Crippen MR) is 59.9 cm³/mol. The highest BCUT2D eigenvalue weighted by Gasteiger charge is 2.20. The highest BCUT2D eigenvalue weighted by atomic mass is 16.4. The molecule has 0 radical (unpaired) electrons. The first-order chi connectivity index (χ1) is 7.09. The second-order valence-corrected chi connectivity index (χ2v) is 4.26. The molecule has 86 valence electrons. The van der Waals surface area contributed by atoms with Gasteiger partial charge < -0.3 is 10.0 Å². The van der Waals surface area contributed by atoms with Crippen molar-refractivity contribution in [3.63, 3.8) is 0 Å². The van der Waals surface area contributed by atoms with Gasteiger partial charge in [0.25, 0.3) is 0 Å². The van der Waals surface area contributed by atoms with Gasteiger partial charge in [0, 0.05) is 25.2 Å². The van der Waals surface area contributed by atoms with E-state index in [0.717, 1.165) is 19.6 Å². The van der Waals surface area contributed by atoms with Gasteiger partial charge in [-0.05, 0) is 33.5 Å². The van der Waals surface area contributed by atoms with Crippen LogP contribution in [0.1, 0.15) is 12.8 Å². The number of carbonyl (C=O) groups is 1. The molecule has 0 aromatic carbocycles. The lowest BCUT2D eigenvalue weighted by atomic mass is 10.1. The van der Waals surface area contributed by atoms with Crippen molar-refractivity contribution in [2.75, 3.05) is 33.7 Å². The van der Waals surface area contributed by atoms with Gasteiger partial charge in [0.05, 0.1) is 0 Å². The van der Waals surface area contributed by atoms with Crippen molar-refractivity contribution in [1.29, 1.82) is 0 Å². The molecular weight excluding hydrogens is 192 g/mol. The normalized spacial score (nSPS) is 23.8. The molecule has 0 aromatic rings. The minimum absolute atomic E-state index is 0.608. The summed E-state index contributed by atoms with van der Waals surface area (Å²) in [7, 11) is 4.20. The molecule has 4 nitrogen and oxygen atoms in total. The molecule has 0 aromatic heterocycles. The zero-order valence-corrected chi connectivity index (χ0v) is 9.52. The van der Waals surface area contributed by atoms with Crippen LogP contribution in [0.3, 0.4) is 0 Å². The molecule has 1 aliphatic rings. The molecule has 1 aliphatic heterocycles. The first-order valence-corrected chi connectivity index (χ1v) is 5.38. The Morgan fingerprint density at radius 2 is 2.33 bits per heavy atom. The van der Waals surface area contributed by atoms with E-state index in [1.807, 2.05) is 0 Å². The van der Waals surface area contributed by atoms with E-state index in [0.29, 0.717) is 6.04 Å². The number of likely N-dealkylation sites (tertiary alicyclic amines) is 1. The number of nitrogens with zero attached hydrogens (tertiary/aromatic N) is 2. The second kappa shape index (κ2) is 5.88. The van der Waals surface area contributed by atoms with Gasteiger partial charge in [0.15, 0.2) is 0 Å². The molecule has 0 spiro atoms. The fraction of sp³-hybridized carbons (Fsp3) is 0.727. The summed E-state index contributed by atoms with van der Waals surface area (Å²) in [5, 5.41) is 8.47. The molecule has 1 heterocycles. The number of aliphatic carboxylic acids is 1. The van der Waals surface area contributed by atoms with E-state index in [9.17, 15) is 4.79 Å². The largest absolute Gasteiger partial charge is 0.478 e. The van der Waals surface area contributed by atoms with E-state index in [4.69, 9.17) is 5.11 Å². The predicted octanol–water partition coefficient (Wildman–Crippen LogP) is 0.653. The van der Waals surface area contributed by atoms with Gasteiger partial charge in [-0.25, -0.2) is 4.79 Å². The van der Waals surface area contributed by atoms with Crippen LogP contribution in [0.25, 0.3) is 0 Å². The minimum atomic E-state index is -0.865. The van der Waals surface area contributed by atoms with Crippen molar-refractivity contribution in [3.8, 4) is 0 Å². The van der Waals surface area contributed by atoms with Crippen molar-refractivity contribution in [2.45, 2.75) is 18.9 Å². The van der Waals surface area contributed by atoms with Crippen molar-refractivity contribution in [1.82, 2.24) is 9.80 Å². The number of hydrogen-bond acceptors (Lipinski definition) is 3. The Hall–Kier alpha value is -0.870. The molecule has 1 fully saturated rings. The maximum Gasteiger partial charge on any atom is 0.328 e. The average Bonchev–Trinajstić information content (AvgIpc) is 2.17. The van der Waals surface area contributed by atoms with Crippen LogP contribution in [0, 0.1) is 0 Å². The maximum absolute atomic E-state index is 10.3. The Labute approximate surface area is 91.2 Å². The van der Waals surface area contributed by atoms with Gasteiger partial charge in [0.1, 0.15) is 0 Å². The Bertz CT molecular complexity index is 239. The zero-order valence-electron chi connectivity index (χ0n) is 9.52. The third-order valence-corrected chi connectivity index (χ3v) is 2.83. The monoisotopic (exact) mass is 212 g/mol. The standard InChI is InChI=1S/C11H20N2O2/c1-12(2)10-5-3-7-13(9-10)8-4-6-11(14)15/h4,6,10H,3,5,7-9H2,1-2H3,(H,14,15). The van der Waals surface area contributed by atoms with Crippen molar-refractivity contribution >= 4 is 5.97 Å². The fourth-order valence-electron chi connectivity index (χ4n) is 1.92. The highest BCUT2D eigenvalue weighted by molar-refractivity contribution is 5.79. The number of carboxylic acids is 1. The molecule has 1 N–H and O–H groups in total. The van der Waals surface area contributed by atoms with Crippen LogP contribution in [0.15, 0.2) is 12.2 Å². The van der Waals surface area contributed by atoms with Gasteiger partial charge >= 0.3 is 5.97 Å². The molecule has 0 saturated carbocycles. The van der Waals surface area contributed by atoms with E-state index in [2.05, 4.69) is 23.9 Å². The summed E-state index contributed by atoms with van der Waals surface area (Å²) < 4.78 is 0. The van der Waals surface area contributed by atoms with Crippen molar-refractivity contribution < 1.29 is 9.90 Å². The third kappa shape index (κ3) is 4.44. The Kier molecular flexibility index (Phi) is 4.78. The van der Waals surface area contributed by atoms with Crippen LogP contribution >= 0.6 is 0 Å². The summed E-state index contributed by atoms with van der Waals surface area (Å²) in [6, 6.07) is 0.608. The van der Waals surface area contributed by atoms with E-state index >= 15 is 0 Å². The van der Waals surface area contributed by atoms with Crippen molar-refractivity contribution in [3.05, 3.63) is 12.2 Å². The first kappa shape index (κ1) is 12.2. The third-order valence-electron chi connectivity index (χ3n) is 2.83. The van der Waals surface area contributed by atoms with E-state index in [-0.39, 0.29) is 0 Å². The lowest BCUT2D eigenvalue weighted by Gasteiger charge is -2.35. The smallest absolute Gasteiger partial charge is 0.328 e. The molecule has 0 bridgehead atoms. The van der Waals surface area contributed by atoms with Crippen LogP contribution in [0.4, 0.5) is 0 Å². The van der Waals surface area contributed by atoms with Crippen LogP contribution in [-0.2, 0) is 4.79 Å². The molecule has 4 heteroatoms. The average molecular weight is 212 g/mol. The minimum Gasteiger partial charge on any atom is -0.478 e. The van der Waals surface area contributed by atoms with Crippen LogP contribution < -0.4 is 0 Å². The second-order valence-electron chi connectivity index (χ2n) is 4.26. The van der Waals surface area contributed by atoms with E-state index in [1.54, 1.807) is 6.08 Å². The van der Waals surface area contributed by atoms with Crippen LogP contribution in [0.5, 0.6) is 0 Å². The van der Waals surface area contributed by atoms with Gasteiger partial charge in [-0.3, -0.25) is 4.90 Å². The van der Waals surface area contributed by atoms with Gasteiger partial charge in [-0.1, -0.05) is 6.08 Å². The summed E-state index contributed by atoms with van der Waals surface area (Å²) >= 11 is 0. The fourth-order valence-corrected chi connectivity index (χ4v) is 1.92. The van der Waals surface area contributed by atoms with Crippen LogP contribution in [0.2, 0.25) is 0 Å². The molecular formula is C11H20N2O2. The van der Waals surface area contributed by atoms with E-state index < -0.39 is 5.97 Å². The maximum atomic E-state index is 10.3. The molecule has 0 amide bonds. The quantitative estimate of drug-likeness (QED) is 0.695. The topological polar surface area (TPSA) is 43.8 Å². The molecule has 1 saturated heterocycles. The Balaban J connectivity index is 2.33. The van der Waals surface area contributed by atoms with Gasteiger partial charge in [-0.2, -0.15) is 0 Å². The Morgan fingerprint density at radius 3 is 2.93 bits per heavy atom. The molecule has 15 heavy (non-hydrogen) atoms. The van der Waals surface area contributed by atoms with Gasteiger partial charge in [-0.15, -0.1) is 0 Å². The molecule has 1 atom stereocenters.